The zero-order valence-electron chi connectivity index (χ0n) is 20.7. The van der Waals surface area contributed by atoms with Crippen molar-refractivity contribution in [3.05, 3.63) is 46.5 Å². The maximum absolute atomic E-state index is 13.2. The topological polar surface area (TPSA) is 210 Å². The minimum atomic E-state index is -1.26. The van der Waals surface area contributed by atoms with Crippen LogP contribution in [-0.2, 0) is 9.59 Å². The molecule has 12 heteroatoms. The Morgan fingerprint density at radius 2 is 0.895 bits per heavy atom. The molecule has 4 amide bonds. The fourth-order valence-corrected chi connectivity index (χ4v) is 4.94. The van der Waals surface area contributed by atoms with Crippen molar-refractivity contribution < 1.29 is 50.4 Å². The van der Waals surface area contributed by atoms with Crippen molar-refractivity contribution in [1.29, 1.82) is 0 Å². The molecule has 2 aliphatic rings. The molecule has 4 rings (SSSR count). The highest BCUT2D eigenvalue weighted by Gasteiger charge is 2.39. The van der Waals surface area contributed by atoms with Gasteiger partial charge in [0.2, 0.25) is 0 Å². The third-order valence-corrected chi connectivity index (χ3v) is 7.10. The molecule has 0 radical (unpaired) electrons. The number of hydrogen-bond donors (Lipinski definition) is 2. The molecule has 2 atom stereocenters. The molecule has 200 valence electrons. The van der Waals surface area contributed by atoms with Gasteiger partial charge in [-0.2, -0.15) is 0 Å². The summed E-state index contributed by atoms with van der Waals surface area (Å²) in [6.45, 7) is 0.166. The number of rotatable bonds is 12. The second-order valence-electron chi connectivity index (χ2n) is 9.62. The van der Waals surface area contributed by atoms with Crippen LogP contribution >= 0.6 is 0 Å². The Morgan fingerprint density at radius 3 is 1.16 bits per heavy atom. The van der Waals surface area contributed by atoms with Crippen molar-refractivity contribution in [2.24, 2.45) is 0 Å². The molecule has 12 nitrogen and oxygen atoms in total. The summed E-state index contributed by atoms with van der Waals surface area (Å²) in [5.41, 5.74) is 7.83. The van der Waals surface area contributed by atoms with Gasteiger partial charge in [0.1, 0.15) is 12.1 Å². The normalized spacial score (nSPS) is 16.3. The van der Waals surface area contributed by atoms with E-state index in [9.17, 15) is 39.0 Å². The number of carbonyl (C=O) groups excluding carboxylic acids is 6. The molecule has 0 spiro atoms. The molecule has 6 N–H and O–H groups in total. The van der Waals surface area contributed by atoms with E-state index in [1.54, 1.807) is 0 Å². The Kier molecular flexibility index (Phi) is 7.56. The van der Waals surface area contributed by atoms with E-state index in [0.717, 1.165) is 9.80 Å². The molecule has 0 saturated carbocycles. The zero-order valence-corrected chi connectivity index (χ0v) is 20.7. The molecule has 2 aliphatic heterocycles. The first-order chi connectivity index (χ1) is 18.0. The largest absolute Gasteiger partial charge is 0.544 e. The SMILES string of the molecule is [NH3+]C(CCCCN1C(=O)c2ccc3c4c(ccc(c24)C1=O)C(=O)N(CCCCC([NH3+])C(=O)[O-])C3=O)C(=O)[O-]. The lowest BCUT2D eigenvalue weighted by molar-refractivity contribution is -0.438. The van der Waals surface area contributed by atoms with Gasteiger partial charge in [-0.1, -0.05) is 0 Å². The van der Waals surface area contributed by atoms with Crippen molar-refractivity contribution in [3.8, 4) is 0 Å². The highest BCUT2D eigenvalue weighted by Crippen LogP contribution is 2.38. The van der Waals surface area contributed by atoms with Crippen molar-refractivity contribution in [3.63, 3.8) is 0 Å². The van der Waals surface area contributed by atoms with Gasteiger partial charge in [-0.3, -0.25) is 29.0 Å². The van der Waals surface area contributed by atoms with E-state index in [4.69, 9.17) is 0 Å². The average molecular weight is 525 g/mol. The number of carboxylic acids is 2. The Morgan fingerprint density at radius 1 is 0.605 bits per heavy atom. The average Bonchev–Trinajstić information content (AvgIpc) is 2.88. The van der Waals surface area contributed by atoms with Crippen LogP contribution in [0.1, 0.15) is 80.0 Å². The molecule has 2 aromatic rings. The molecule has 2 aromatic carbocycles. The third kappa shape index (κ3) is 4.75. The van der Waals surface area contributed by atoms with Gasteiger partial charge < -0.3 is 31.3 Å². The Hall–Kier alpha value is -4.16. The molecular weight excluding hydrogens is 496 g/mol. The second-order valence-corrected chi connectivity index (χ2v) is 9.62. The highest BCUT2D eigenvalue weighted by atomic mass is 16.4. The predicted octanol–water partition coefficient (Wildman–Crippen LogP) is -2.91. The van der Waals surface area contributed by atoms with E-state index < -0.39 is 47.7 Å². The second kappa shape index (κ2) is 10.7. The van der Waals surface area contributed by atoms with Gasteiger partial charge >= 0.3 is 0 Å². The molecule has 0 fully saturated rings. The molecular formula is C26H28N4O8. The van der Waals surface area contributed by atoms with Crippen molar-refractivity contribution in [1.82, 2.24) is 9.80 Å². The summed E-state index contributed by atoms with van der Waals surface area (Å²) >= 11 is 0. The number of carbonyl (C=O) groups is 6. The van der Waals surface area contributed by atoms with Gasteiger partial charge in [0.15, 0.2) is 0 Å². The smallest absolute Gasteiger partial charge is 0.261 e. The number of amides is 4. The summed E-state index contributed by atoms with van der Waals surface area (Å²) < 4.78 is 0. The number of aliphatic carboxylic acids is 2. The number of nitrogens with zero attached hydrogens (tertiary/aromatic N) is 2. The molecule has 0 bridgehead atoms. The summed E-state index contributed by atoms with van der Waals surface area (Å²) in [5, 5.41) is 22.2. The van der Waals surface area contributed by atoms with Gasteiger partial charge in [0, 0.05) is 59.0 Å². The number of carboxylic acid groups (broad SMARTS) is 2. The predicted molar refractivity (Wildman–Crippen MR) is 126 cm³/mol. The Labute approximate surface area is 217 Å². The number of quaternary nitrogens is 2. The lowest BCUT2D eigenvalue weighted by atomic mass is 9.86. The highest BCUT2D eigenvalue weighted by molar-refractivity contribution is 6.33. The zero-order chi connectivity index (χ0) is 27.7. The lowest BCUT2D eigenvalue weighted by Crippen LogP contribution is -2.68. The Bertz CT molecular complexity index is 1200. The number of imide groups is 2. The fourth-order valence-electron chi connectivity index (χ4n) is 4.94. The molecule has 0 aliphatic carbocycles. The summed E-state index contributed by atoms with van der Waals surface area (Å²) in [4.78, 5) is 76.8. The fraction of sp³-hybridized carbons (Fsp3) is 0.385. The van der Waals surface area contributed by atoms with E-state index in [-0.39, 0.29) is 59.0 Å². The summed E-state index contributed by atoms with van der Waals surface area (Å²) in [7, 11) is 0. The molecule has 0 saturated heterocycles. The van der Waals surface area contributed by atoms with Gasteiger partial charge in [0.25, 0.3) is 23.6 Å². The number of unbranched alkanes of at least 4 members (excludes halogenated alkanes) is 2. The van der Waals surface area contributed by atoms with Crippen LogP contribution in [-0.4, -0.2) is 70.5 Å². The van der Waals surface area contributed by atoms with E-state index in [1.165, 1.54) is 24.3 Å². The number of benzene rings is 2. The number of hydrogen-bond acceptors (Lipinski definition) is 8. The van der Waals surface area contributed by atoms with Crippen LogP contribution in [0.3, 0.4) is 0 Å². The lowest BCUT2D eigenvalue weighted by Gasteiger charge is -2.32. The molecule has 2 unspecified atom stereocenters. The van der Waals surface area contributed by atoms with Gasteiger partial charge in [-0.25, -0.2) is 0 Å². The minimum absolute atomic E-state index is 0.0829. The van der Waals surface area contributed by atoms with Crippen LogP contribution < -0.4 is 21.7 Å². The maximum atomic E-state index is 13.2. The van der Waals surface area contributed by atoms with E-state index >= 15 is 0 Å². The van der Waals surface area contributed by atoms with Crippen LogP contribution in [0.25, 0.3) is 10.8 Å². The standard InChI is InChI=1S/C26H28N4O8/c27-17(25(35)36)5-1-3-11-29-21(31)13-7-9-15-20-16(10-8-14(19(13)20)22(29)32)24(34)30(23(15)33)12-4-2-6-18(28)26(37)38/h7-10,17-18H,1-6,11-12,27-28H2,(H,35,36)(H,37,38). The summed E-state index contributed by atoms with van der Waals surface area (Å²) in [6, 6.07) is 4.16. The van der Waals surface area contributed by atoms with E-state index in [2.05, 4.69) is 11.5 Å². The Balaban J connectivity index is 1.55. The van der Waals surface area contributed by atoms with Crippen LogP contribution in [0, 0.1) is 0 Å². The van der Waals surface area contributed by atoms with Crippen LogP contribution in [0.5, 0.6) is 0 Å². The minimum Gasteiger partial charge on any atom is -0.544 e. The van der Waals surface area contributed by atoms with Crippen molar-refractivity contribution >= 4 is 46.3 Å². The van der Waals surface area contributed by atoms with Crippen LogP contribution in [0.2, 0.25) is 0 Å². The van der Waals surface area contributed by atoms with Crippen molar-refractivity contribution in [2.45, 2.75) is 50.6 Å². The first-order valence-corrected chi connectivity index (χ1v) is 12.4. The molecule has 2 heterocycles. The van der Waals surface area contributed by atoms with Gasteiger partial charge in [0.05, 0.1) is 11.9 Å². The molecule has 0 aromatic heterocycles. The van der Waals surface area contributed by atoms with Gasteiger partial charge in [-0.05, 0) is 49.9 Å². The maximum Gasteiger partial charge on any atom is 0.261 e. The quantitative estimate of drug-likeness (QED) is 0.217. The van der Waals surface area contributed by atoms with E-state index in [1.807, 2.05) is 0 Å². The first-order valence-electron chi connectivity index (χ1n) is 12.4. The third-order valence-electron chi connectivity index (χ3n) is 7.10. The van der Waals surface area contributed by atoms with Gasteiger partial charge in [-0.15, -0.1) is 0 Å². The van der Waals surface area contributed by atoms with Crippen molar-refractivity contribution in [2.75, 3.05) is 13.1 Å². The van der Waals surface area contributed by atoms with Crippen LogP contribution in [0.15, 0.2) is 24.3 Å². The van der Waals surface area contributed by atoms with E-state index in [0.29, 0.717) is 25.7 Å². The summed E-state index contributed by atoms with van der Waals surface area (Å²) in [5.74, 6) is -4.70. The molecule has 38 heavy (non-hydrogen) atoms. The first kappa shape index (κ1) is 26.9. The monoisotopic (exact) mass is 524 g/mol. The summed E-state index contributed by atoms with van der Waals surface area (Å²) in [6.07, 6.45) is 2.14. The van der Waals surface area contributed by atoms with Crippen LogP contribution in [0.4, 0.5) is 0 Å².